The Kier molecular flexibility index (Phi) is 3.45. The van der Waals surface area contributed by atoms with Gasteiger partial charge in [-0.2, -0.15) is 0 Å². The van der Waals surface area contributed by atoms with Crippen LogP contribution in [0.1, 0.15) is 17.0 Å². The molecule has 146 valence electrons. The fraction of sp³-hybridized carbons (Fsp3) is 0.120. The van der Waals surface area contributed by atoms with Gasteiger partial charge in [0, 0.05) is 12.7 Å². The van der Waals surface area contributed by atoms with E-state index in [0.717, 1.165) is 33.8 Å². The van der Waals surface area contributed by atoms with Crippen molar-refractivity contribution in [2.75, 3.05) is 10.2 Å². The van der Waals surface area contributed by atoms with Crippen molar-refractivity contribution in [1.29, 1.82) is 0 Å². The van der Waals surface area contributed by atoms with Gasteiger partial charge in [-0.1, -0.05) is 60.7 Å². The molecule has 0 spiro atoms. The third kappa shape index (κ3) is 2.12. The first-order chi connectivity index (χ1) is 14.7. The number of rotatable bonds is 4. The highest BCUT2D eigenvalue weighted by Crippen LogP contribution is 2.62. The minimum Gasteiger partial charge on any atom is -0.358 e. The smallest absolute Gasteiger partial charge is 0.241 e. The Hall–Kier alpha value is -3.86. The van der Waals surface area contributed by atoms with E-state index in [1.807, 2.05) is 59.1 Å². The van der Waals surface area contributed by atoms with Crippen molar-refractivity contribution in [1.82, 2.24) is 9.55 Å². The Balaban J connectivity index is 1.43. The van der Waals surface area contributed by atoms with Crippen molar-refractivity contribution in [2.45, 2.75) is 11.6 Å². The summed E-state index contributed by atoms with van der Waals surface area (Å²) in [6, 6.07) is 26.7. The lowest BCUT2D eigenvalue weighted by Gasteiger charge is -2.52. The number of carbonyl (C=O) groups excluding carboxylic acids is 1. The van der Waals surface area contributed by atoms with Gasteiger partial charge in [-0.05, 0) is 34.9 Å². The highest BCUT2D eigenvalue weighted by molar-refractivity contribution is 6.15. The van der Waals surface area contributed by atoms with Crippen LogP contribution in [-0.4, -0.2) is 15.5 Å². The van der Waals surface area contributed by atoms with Crippen LogP contribution in [0.25, 0.3) is 11.3 Å². The van der Waals surface area contributed by atoms with E-state index in [1.54, 1.807) is 6.33 Å². The van der Waals surface area contributed by atoms with Crippen LogP contribution in [0.3, 0.4) is 0 Å². The maximum absolute atomic E-state index is 13.0. The van der Waals surface area contributed by atoms with Crippen LogP contribution in [-0.2, 0) is 17.5 Å². The highest BCUT2D eigenvalue weighted by Gasteiger charge is 2.68. The maximum Gasteiger partial charge on any atom is 0.241 e. The Labute approximate surface area is 174 Å². The predicted molar refractivity (Wildman–Crippen MR) is 117 cm³/mol. The number of nitrogens with zero attached hydrogens (tertiary/aromatic N) is 3. The minimum absolute atomic E-state index is 0.152. The summed E-state index contributed by atoms with van der Waals surface area (Å²) in [6.07, 6.45) is 3.66. The van der Waals surface area contributed by atoms with Crippen LogP contribution in [0.5, 0.6) is 0 Å². The first-order valence-corrected chi connectivity index (χ1v) is 10.0. The molecule has 1 fully saturated rings. The molecule has 6 rings (SSSR count). The molecule has 0 aliphatic carbocycles. The minimum atomic E-state index is -0.601. The number of β-lactam (4-membered cyclic amide) rings is 1. The lowest BCUT2D eigenvalue weighted by atomic mass is 9.76. The molecule has 2 atom stereocenters. The molecule has 2 aliphatic rings. The maximum atomic E-state index is 13.0. The zero-order chi connectivity index (χ0) is 20.3. The summed E-state index contributed by atoms with van der Waals surface area (Å²) in [5.41, 5.74) is 5.71. The van der Waals surface area contributed by atoms with Crippen molar-refractivity contribution >= 4 is 17.3 Å². The lowest BCUT2D eigenvalue weighted by molar-refractivity contribution is -0.128. The van der Waals surface area contributed by atoms with Crippen LogP contribution in [0, 0.1) is 0 Å². The highest BCUT2D eigenvalue weighted by atomic mass is 16.2. The molecule has 3 heterocycles. The van der Waals surface area contributed by atoms with E-state index in [4.69, 9.17) is 0 Å². The summed E-state index contributed by atoms with van der Waals surface area (Å²) in [7, 11) is 1.99. The Morgan fingerprint density at radius 1 is 0.933 bits per heavy atom. The number of fused-ring (bicyclic) bond motifs is 5. The summed E-state index contributed by atoms with van der Waals surface area (Å²) in [6.45, 7) is 0. The molecule has 5 heteroatoms. The van der Waals surface area contributed by atoms with Crippen molar-refractivity contribution in [3.63, 3.8) is 0 Å². The van der Waals surface area contributed by atoms with Gasteiger partial charge in [0.05, 0.1) is 23.9 Å². The first kappa shape index (κ1) is 17.0. The Bertz CT molecular complexity index is 1230. The molecule has 2 bridgehead atoms. The van der Waals surface area contributed by atoms with E-state index >= 15 is 0 Å². The third-order valence-electron chi connectivity index (χ3n) is 6.27. The average Bonchev–Trinajstić information content (AvgIpc) is 3.43. The number of aromatic nitrogens is 2. The summed E-state index contributed by atoms with van der Waals surface area (Å²) in [4.78, 5) is 19.1. The van der Waals surface area contributed by atoms with Gasteiger partial charge in [0.25, 0.3) is 0 Å². The van der Waals surface area contributed by atoms with E-state index in [2.05, 4.69) is 52.8 Å². The Morgan fingerprint density at radius 3 is 2.37 bits per heavy atom. The fourth-order valence-electron chi connectivity index (χ4n) is 4.91. The third-order valence-corrected chi connectivity index (χ3v) is 6.27. The van der Waals surface area contributed by atoms with Gasteiger partial charge in [-0.15, -0.1) is 0 Å². The van der Waals surface area contributed by atoms with E-state index < -0.39 is 5.66 Å². The molecule has 1 saturated heterocycles. The number of hydrogen-bond acceptors (Lipinski definition) is 3. The number of amides is 1. The molecule has 2 unspecified atom stereocenters. The molecule has 1 aromatic heterocycles. The summed E-state index contributed by atoms with van der Waals surface area (Å²) >= 11 is 0. The molecular formula is C25H20N4O. The largest absolute Gasteiger partial charge is 0.358 e. The summed E-state index contributed by atoms with van der Waals surface area (Å²) in [5.74, 6) is -0.0769. The van der Waals surface area contributed by atoms with Crippen molar-refractivity contribution in [3.05, 3.63) is 103 Å². The second-order valence-electron chi connectivity index (χ2n) is 7.89. The lowest BCUT2D eigenvalue weighted by Crippen LogP contribution is -2.67. The van der Waals surface area contributed by atoms with Gasteiger partial charge in [0.15, 0.2) is 5.66 Å². The SMILES string of the molecule is Cn1cncc1-c1ccc(NC2(c3ccccc3)C3C(=O)N2c2ccccc23)cc1. The van der Waals surface area contributed by atoms with Crippen LogP contribution in [0.4, 0.5) is 11.4 Å². The standard InChI is InChI=1S/C25H20N4O/c1-28-16-26-15-22(28)17-11-13-19(14-12-17)27-25(18-7-3-2-4-8-18)23-20-9-5-6-10-21(20)29(25)24(23)30/h2-16,23,27H,1H3. The zero-order valence-electron chi connectivity index (χ0n) is 16.5. The summed E-state index contributed by atoms with van der Waals surface area (Å²) < 4.78 is 2.00. The van der Waals surface area contributed by atoms with Gasteiger partial charge in [-0.3, -0.25) is 9.69 Å². The normalized spacial score (nSPS) is 21.3. The molecule has 0 saturated carbocycles. The number of para-hydroxylation sites is 1. The van der Waals surface area contributed by atoms with Crippen LogP contribution < -0.4 is 10.2 Å². The second kappa shape index (κ2) is 6.07. The Morgan fingerprint density at radius 2 is 1.67 bits per heavy atom. The number of imidazole rings is 1. The monoisotopic (exact) mass is 392 g/mol. The molecule has 0 radical (unpaired) electrons. The number of benzene rings is 3. The summed E-state index contributed by atoms with van der Waals surface area (Å²) in [5, 5.41) is 3.72. The number of nitrogens with one attached hydrogen (secondary N) is 1. The molecule has 5 nitrogen and oxygen atoms in total. The topological polar surface area (TPSA) is 50.2 Å². The predicted octanol–water partition coefficient (Wildman–Crippen LogP) is 4.50. The van der Waals surface area contributed by atoms with E-state index in [0.29, 0.717) is 0 Å². The molecule has 1 amide bonds. The van der Waals surface area contributed by atoms with Gasteiger partial charge < -0.3 is 9.88 Å². The van der Waals surface area contributed by atoms with Crippen molar-refractivity contribution in [2.24, 2.45) is 7.05 Å². The van der Waals surface area contributed by atoms with E-state index in [9.17, 15) is 4.79 Å². The van der Waals surface area contributed by atoms with Crippen molar-refractivity contribution in [3.8, 4) is 11.3 Å². The van der Waals surface area contributed by atoms with E-state index in [-0.39, 0.29) is 11.8 Å². The number of aryl methyl sites for hydroxylation is 1. The molecule has 1 N–H and O–H groups in total. The molecular weight excluding hydrogens is 372 g/mol. The quantitative estimate of drug-likeness (QED) is 0.521. The average molecular weight is 392 g/mol. The molecule has 2 aliphatic heterocycles. The fourth-order valence-corrected chi connectivity index (χ4v) is 4.91. The number of hydrogen-bond donors (Lipinski definition) is 1. The van der Waals surface area contributed by atoms with Gasteiger partial charge in [0.2, 0.25) is 5.91 Å². The van der Waals surface area contributed by atoms with Crippen LogP contribution in [0.15, 0.2) is 91.4 Å². The number of carbonyl (C=O) groups is 1. The van der Waals surface area contributed by atoms with E-state index in [1.165, 1.54) is 0 Å². The van der Waals surface area contributed by atoms with Crippen molar-refractivity contribution < 1.29 is 4.79 Å². The van der Waals surface area contributed by atoms with Gasteiger partial charge in [-0.25, -0.2) is 4.98 Å². The molecule has 4 aromatic rings. The second-order valence-corrected chi connectivity index (χ2v) is 7.89. The number of anilines is 2. The van der Waals surface area contributed by atoms with Gasteiger partial charge >= 0.3 is 0 Å². The van der Waals surface area contributed by atoms with Crippen LogP contribution >= 0.6 is 0 Å². The van der Waals surface area contributed by atoms with Gasteiger partial charge in [0.1, 0.15) is 5.92 Å². The zero-order valence-corrected chi connectivity index (χ0v) is 16.5. The molecule has 3 aromatic carbocycles. The first-order valence-electron chi connectivity index (χ1n) is 10.0. The van der Waals surface area contributed by atoms with Crippen LogP contribution in [0.2, 0.25) is 0 Å². The molecule has 30 heavy (non-hydrogen) atoms.